The Morgan fingerprint density at radius 2 is 1.57 bits per heavy atom. The number of pyridine rings is 1. The molecule has 0 bridgehead atoms. The van der Waals surface area contributed by atoms with Crippen molar-refractivity contribution in [1.29, 1.82) is 0 Å². The minimum Gasteiger partial charge on any atom is -0.455 e. The van der Waals surface area contributed by atoms with Crippen molar-refractivity contribution in [2.45, 2.75) is 0 Å². The SMILES string of the molecule is O=C(CNC(=O)c1cccc2ccccc12)Nc1ccccc1Oc1ccncc1. The van der Waals surface area contributed by atoms with E-state index in [-0.39, 0.29) is 18.4 Å². The normalized spacial score (nSPS) is 10.4. The first-order valence-electron chi connectivity index (χ1n) is 9.43. The average Bonchev–Trinajstić information content (AvgIpc) is 2.79. The van der Waals surface area contributed by atoms with Crippen LogP contribution in [0.15, 0.2) is 91.3 Å². The van der Waals surface area contributed by atoms with E-state index >= 15 is 0 Å². The second kappa shape index (κ2) is 8.87. The van der Waals surface area contributed by atoms with E-state index < -0.39 is 0 Å². The van der Waals surface area contributed by atoms with Gasteiger partial charge in [-0.1, -0.05) is 48.5 Å². The number of amides is 2. The van der Waals surface area contributed by atoms with E-state index in [4.69, 9.17) is 4.74 Å². The van der Waals surface area contributed by atoms with Crippen molar-refractivity contribution >= 4 is 28.3 Å². The van der Waals surface area contributed by atoms with Gasteiger partial charge in [0.05, 0.1) is 12.2 Å². The van der Waals surface area contributed by atoms with Crippen LogP contribution in [-0.2, 0) is 4.79 Å². The molecule has 0 spiro atoms. The Morgan fingerprint density at radius 3 is 2.43 bits per heavy atom. The van der Waals surface area contributed by atoms with Crippen molar-refractivity contribution in [1.82, 2.24) is 10.3 Å². The fourth-order valence-electron chi connectivity index (χ4n) is 3.07. The van der Waals surface area contributed by atoms with Gasteiger partial charge in [0.15, 0.2) is 5.75 Å². The summed E-state index contributed by atoms with van der Waals surface area (Å²) in [6, 6.07) is 23.7. The Bertz CT molecular complexity index is 1190. The molecule has 2 N–H and O–H groups in total. The summed E-state index contributed by atoms with van der Waals surface area (Å²) in [4.78, 5) is 29.0. The zero-order valence-electron chi connectivity index (χ0n) is 16.0. The molecule has 1 heterocycles. The van der Waals surface area contributed by atoms with Crippen LogP contribution in [0, 0.1) is 0 Å². The van der Waals surface area contributed by atoms with Gasteiger partial charge in [-0.3, -0.25) is 14.6 Å². The van der Waals surface area contributed by atoms with Gasteiger partial charge >= 0.3 is 0 Å². The summed E-state index contributed by atoms with van der Waals surface area (Å²) in [5, 5.41) is 7.27. The first-order valence-corrected chi connectivity index (χ1v) is 9.43. The van der Waals surface area contributed by atoms with Crippen LogP contribution in [0.4, 0.5) is 5.69 Å². The van der Waals surface area contributed by atoms with Gasteiger partial charge in [-0.2, -0.15) is 0 Å². The second-order valence-electron chi connectivity index (χ2n) is 6.54. The monoisotopic (exact) mass is 397 g/mol. The lowest BCUT2D eigenvalue weighted by Crippen LogP contribution is -2.33. The molecule has 6 heteroatoms. The molecule has 0 aliphatic rings. The molecule has 0 fully saturated rings. The molecular weight excluding hydrogens is 378 g/mol. The lowest BCUT2D eigenvalue weighted by Gasteiger charge is -2.13. The molecule has 2 amide bonds. The highest BCUT2D eigenvalue weighted by Crippen LogP contribution is 2.28. The largest absolute Gasteiger partial charge is 0.455 e. The minimum absolute atomic E-state index is 0.161. The van der Waals surface area contributed by atoms with Gasteiger partial charge in [-0.15, -0.1) is 0 Å². The molecule has 148 valence electrons. The zero-order valence-corrected chi connectivity index (χ0v) is 16.0. The summed E-state index contributed by atoms with van der Waals surface area (Å²) in [7, 11) is 0. The number of para-hydroxylation sites is 2. The van der Waals surface area contributed by atoms with Crippen LogP contribution in [0.5, 0.6) is 11.5 Å². The lowest BCUT2D eigenvalue weighted by molar-refractivity contribution is -0.115. The fraction of sp³-hybridized carbons (Fsp3) is 0.0417. The number of nitrogens with one attached hydrogen (secondary N) is 2. The quantitative estimate of drug-likeness (QED) is 0.505. The van der Waals surface area contributed by atoms with Crippen molar-refractivity contribution in [3.05, 3.63) is 96.8 Å². The Morgan fingerprint density at radius 1 is 0.833 bits per heavy atom. The molecule has 1 aromatic heterocycles. The number of nitrogens with zero attached hydrogens (tertiary/aromatic N) is 1. The Kier molecular flexibility index (Phi) is 5.66. The van der Waals surface area contributed by atoms with Crippen molar-refractivity contribution in [2.24, 2.45) is 0 Å². The molecule has 30 heavy (non-hydrogen) atoms. The lowest BCUT2D eigenvalue weighted by atomic mass is 10.0. The molecule has 4 aromatic rings. The van der Waals surface area contributed by atoms with Crippen molar-refractivity contribution in [3.8, 4) is 11.5 Å². The maximum Gasteiger partial charge on any atom is 0.252 e. The van der Waals surface area contributed by atoms with Gasteiger partial charge in [0.2, 0.25) is 5.91 Å². The number of ether oxygens (including phenoxy) is 1. The number of anilines is 1. The Hall–Kier alpha value is -4.19. The molecule has 4 rings (SSSR count). The summed E-state index contributed by atoms with van der Waals surface area (Å²) in [6.45, 7) is -0.161. The van der Waals surface area contributed by atoms with Crippen molar-refractivity contribution in [3.63, 3.8) is 0 Å². The smallest absolute Gasteiger partial charge is 0.252 e. The number of carbonyl (C=O) groups is 2. The first-order chi connectivity index (χ1) is 14.7. The van der Waals surface area contributed by atoms with Crippen LogP contribution in [0.2, 0.25) is 0 Å². The molecule has 0 aliphatic carbocycles. The Balaban J connectivity index is 1.41. The highest BCUT2D eigenvalue weighted by Gasteiger charge is 2.13. The summed E-state index contributed by atoms with van der Waals surface area (Å²) in [5.41, 5.74) is 1.04. The number of hydrogen-bond acceptors (Lipinski definition) is 4. The van der Waals surface area contributed by atoms with Gasteiger partial charge in [0.25, 0.3) is 5.91 Å². The number of benzene rings is 3. The van der Waals surface area contributed by atoms with Crippen LogP contribution < -0.4 is 15.4 Å². The van der Waals surface area contributed by atoms with E-state index in [0.29, 0.717) is 22.7 Å². The van der Waals surface area contributed by atoms with Gasteiger partial charge in [0, 0.05) is 18.0 Å². The Labute approximate surface area is 173 Å². The topological polar surface area (TPSA) is 80.3 Å². The molecule has 6 nitrogen and oxygen atoms in total. The van der Waals surface area contributed by atoms with E-state index in [1.54, 1.807) is 48.8 Å². The molecule has 3 aromatic carbocycles. The number of carbonyl (C=O) groups excluding carboxylic acids is 2. The summed E-state index contributed by atoms with van der Waals surface area (Å²) < 4.78 is 5.81. The molecule has 0 aliphatic heterocycles. The van der Waals surface area contributed by atoms with Crippen LogP contribution in [-0.4, -0.2) is 23.3 Å². The number of fused-ring (bicyclic) bond motifs is 1. The van der Waals surface area contributed by atoms with Crippen LogP contribution in [0.3, 0.4) is 0 Å². The van der Waals surface area contributed by atoms with Gasteiger partial charge in [-0.05, 0) is 41.1 Å². The molecule has 0 unspecified atom stereocenters. The van der Waals surface area contributed by atoms with E-state index in [1.165, 1.54) is 0 Å². The summed E-state index contributed by atoms with van der Waals surface area (Å²) in [6.07, 6.45) is 3.25. The average molecular weight is 397 g/mol. The molecule has 0 atom stereocenters. The summed E-state index contributed by atoms with van der Waals surface area (Å²) >= 11 is 0. The maximum atomic E-state index is 12.6. The van der Waals surface area contributed by atoms with Crippen molar-refractivity contribution in [2.75, 3.05) is 11.9 Å². The third-order valence-corrected chi connectivity index (χ3v) is 4.48. The molecule has 0 saturated carbocycles. The van der Waals surface area contributed by atoms with Gasteiger partial charge in [-0.25, -0.2) is 0 Å². The van der Waals surface area contributed by atoms with E-state index in [1.807, 2.05) is 42.5 Å². The van der Waals surface area contributed by atoms with Crippen LogP contribution in [0.25, 0.3) is 10.8 Å². The predicted octanol–water partition coefficient (Wildman–Crippen LogP) is 4.40. The molecule has 0 radical (unpaired) electrons. The number of aromatic nitrogens is 1. The number of rotatable bonds is 6. The third-order valence-electron chi connectivity index (χ3n) is 4.48. The fourth-order valence-corrected chi connectivity index (χ4v) is 3.07. The third kappa shape index (κ3) is 4.44. The minimum atomic E-state index is -0.352. The molecular formula is C24H19N3O3. The first kappa shape index (κ1) is 19.1. The van der Waals surface area contributed by atoms with E-state index in [2.05, 4.69) is 15.6 Å². The second-order valence-corrected chi connectivity index (χ2v) is 6.54. The molecule has 0 saturated heterocycles. The summed E-state index contributed by atoms with van der Waals surface area (Å²) in [5.74, 6) is 0.450. The van der Waals surface area contributed by atoms with E-state index in [0.717, 1.165) is 10.8 Å². The standard InChI is InChI=1S/C24H19N3O3/c28-23(16-26-24(29)20-9-5-7-17-6-1-2-8-19(17)20)27-21-10-3-4-11-22(21)30-18-12-14-25-15-13-18/h1-15H,16H2,(H,26,29)(H,27,28). The van der Waals surface area contributed by atoms with Crippen LogP contribution >= 0.6 is 0 Å². The maximum absolute atomic E-state index is 12.6. The van der Waals surface area contributed by atoms with Gasteiger partial charge < -0.3 is 15.4 Å². The van der Waals surface area contributed by atoms with Gasteiger partial charge in [0.1, 0.15) is 5.75 Å². The highest BCUT2D eigenvalue weighted by atomic mass is 16.5. The van der Waals surface area contributed by atoms with Crippen molar-refractivity contribution < 1.29 is 14.3 Å². The number of hydrogen-bond donors (Lipinski definition) is 2. The van der Waals surface area contributed by atoms with E-state index in [9.17, 15) is 9.59 Å². The zero-order chi connectivity index (χ0) is 20.8. The highest BCUT2D eigenvalue weighted by molar-refractivity contribution is 6.08. The predicted molar refractivity (Wildman–Crippen MR) is 116 cm³/mol. The van der Waals surface area contributed by atoms with Crippen LogP contribution in [0.1, 0.15) is 10.4 Å².